The molecule has 2 amide bonds. The summed E-state index contributed by atoms with van der Waals surface area (Å²) in [6.45, 7) is 5.67. The minimum atomic E-state index is -0.566. The number of carbonyl (C=O) groups is 2. The highest BCUT2D eigenvalue weighted by molar-refractivity contribution is 5.92. The molecule has 0 aromatic carbocycles. The Balaban J connectivity index is 2.68. The lowest BCUT2D eigenvalue weighted by molar-refractivity contribution is -0.130. The van der Waals surface area contributed by atoms with Crippen molar-refractivity contribution in [1.82, 2.24) is 4.90 Å². The first kappa shape index (κ1) is 12.7. The number of hydrogen-bond donors (Lipinski definition) is 0. The number of imide groups is 1. The summed E-state index contributed by atoms with van der Waals surface area (Å²) in [4.78, 5) is 24.6. The van der Waals surface area contributed by atoms with Gasteiger partial charge >= 0.3 is 6.09 Å². The van der Waals surface area contributed by atoms with Crippen molar-refractivity contribution in [3.05, 3.63) is 12.2 Å². The Hall–Kier alpha value is -1.32. The van der Waals surface area contributed by atoms with Gasteiger partial charge in [-0.1, -0.05) is 12.2 Å². The molecule has 0 N–H and O–H groups in total. The molecule has 1 rings (SSSR count). The number of nitrogens with zero attached hydrogens (tertiary/aromatic N) is 1. The summed E-state index contributed by atoms with van der Waals surface area (Å²) >= 11 is 0. The van der Waals surface area contributed by atoms with Crippen molar-refractivity contribution < 1.29 is 14.3 Å². The molecule has 90 valence electrons. The molecule has 0 spiro atoms. The minimum absolute atomic E-state index is 0.154. The van der Waals surface area contributed by atoms with Gasteiger partial charge in [0.15, 0.2) is 0 Å². The lowest BCUT2D eigenvalue weighted by Crippen LogP contribution is -2.41. The molecule has 0 bridgehead atoms. The second-order valence-electron chi connectivity index (χ2n) is 4.85. The summed E-state index contributed by atoms with van der Waals surface area (Å²) in [5.74, 6) is -0.154. The van der Waals surface area contributed by atoms with Gasteiger partial charge < -0.3 is 4.74 Å². The van der Waals surface area contributed by atoms with Crippen molar-refractivity contribution >= 4 is 12.0 Å². The summed E-state index contributed by atoms with van der Waals surface area (Å²) in [5, 5.41) is 0. The first-order valence-corrected chi connectivity index (χ1v) is 5.58. The Morgan fingerprint density at radius 1 is 1.38 bits per heavy atom. The third kappa shape index (κ3) is 4.04. The Kier molecular flexibility index (Phi) is 4.10. The summed E-state index contributed by atoms with van der Waals surface area (Å²) in [7, 11) is 0. The first-order chi connectivity index (χ1) is 7.40. The van der Waals surface area contributed by atoms with Gasteiger partial charge in [0, 0.05) is 6.42 Å². The Labute approximate surface area is 96.3 Å². The van der Waals surface area contributed by atoms with Crippen LogP contribution >= 0.6 is 0 Å². The number of carbonyl (C=O) groups excluding carboxylic acids is 2. The zero-order valence-corrected chi connectivity index (χ0v) is 10.2. The molecule has 0 radical (unpaired) electrons. The zero-order chi connectivity index (χ0) is 12.2. The van der Waals surface area contributed by atoms with Crippen molar-refractivity contribution in [3.8, 4) is 0 Å². The number of allylic oxidation sites excluding steroid dienone is 1. The van der Waals surface area contributed by atoms with E-state index in [2.05, 4.69) is 0 Å². The highest BCUT2D eigenvalue weighted by Crippen LogP contribution is 2.13. The molecule has 1 aliphatic rings. The molecule has 0 saturated carbocycles. The molecule has 16 heavy (non-hydrogen) atoms. The third-order valence-corrected chi connectivity index (χ3v) is 2.13. The maximum atomic E-state index is 11.7. The maximum Gasteiger partial charge on any atom is 0.417 e. The molecule has 0 aromatic rings. The van der Waals surface area contributed by atoms with Crippen LogP contribution in [0.5, 0.6) is 0 Å². The zero-order valence-electron chi connectivity index (χ0n) is 10.2. The van der Waals surface area contributed by atoms with Crippen molar-refractivity contribution in [2.45, 2.75) is 45.6 Å². The normalized spacial score (nSPS) is 19.9. The average molecular weight is 225 g/mol. The van der Waals surface area contributed by atoms with Crippen molar-refractivity contribution in [2.75, 3.05) is 6.54 Å². The fraction of sp³-hybridized carbons (Fsp3) is 0.667. The average Bonchev–Trinajstić information content (AvgIpc) is 2.08. The van der Waals surface area contributed by atoms with Crippen LogP contribution < -0.4 is 0 Å². The number of hydrogen-bond acceptors (Lipinski definition) is 3. The van der Waals surface area contributed by atoms with Gasteiger partial charge in [0.25, 0.3) is 0 Å². The number of rotatable bonds is 0. The Morgan fingerprint density at radius 2 is 2.06 bits per heavy atom. The summed E-state index contributed by atoms with van der Waals surface area (Å²) in [6.07, 6.45) is 5.36. The van der Waals surface area contributed by atoms with Gasteiger partial charge in [-0.05, 0) is 33.6 Å². The standard InChI is InChI=1S/C12H19NO3/c1-12(2,3)16-11(15)13-9-7-5-4-6-8-10(13)14/h5,7H,4,6,8-9H2,1-3H3/b7-5-. The second kappa shape index (κ2) is 5.14. The fourth-order valence-corrected chi connectivity index (χ4v) is 1.40. The molecule has 0 aliphatic carbocycles. The van der Waals surface area contributed by atoms with Crippen LogP contribution in [0.4, 0.5) is 4.79 Å². The van der Waals surface area contributed by atoms with E-state index in [9.17, 15) is 9.59 Å². The van der Waals surface area contributed by atoms with E-state index in [0.717, 1.165) is 12.8 Å². The molecular formula is C12H19NO3. The van der Waals surface area contributed by atoms with E-state index in [1.165, 1.54) is 4.90 Å². The highest BCUT2D eigenvalue weighted by atomic mass is 16.6. The van der Waals surface area contributed by atoms with Crippen LogP contribution in [0.3, 0.4) is 0 Å². The van der Waals surface area contributed by atoms with Gasteiger partial charge in [-0.25, -0.2) is 9.69 Å². The molecular weight excluding hydrogens is 206 g/mol. The smallest absolute Gasteiger partial charge is 0.417 e. The van der Waals surface area contributed by atoms with E-state index in [1.54, 1.807) is 20.8 Å². The highest BCUT2D eigenvalue weighted by Gasteiger charge is 2.26. The van der Waals surface area contributed by atoms with Crippen LogP contribution in [0.15, 0.2) is 12.2 Å². The van der Waals surface area contributed by atoms with Gasteiger partial charge in [-0.3, -0.25) is 4.79 Å². The van der Waals surface area contributed by atoms with Crippen molar-refractivity contribution in [1.29, 1.82) is 0 Å². The van der Waals surface area contributed by atoms with E-state index >= 15 is 0 Å². The van der Waals surface area contributed by atoms with Crippen molar-refractivity contribution in [2.24, 2.45) is 0 Å². The molecule has 0 aromatic heterocycles. The van der Waals surface area contributed by atoms with Gasteiger partial charge in [0.05, 0.1) is 6.54 Å². The second-order valence-corrected chi connectivity index (χ2v) is 4.85. The maximum absolute atomic E-state index is 11.7. The van der Waals surface area contributed by atoms with Crippen molar-refractivity contribution in [3.63, 3.8) is 0 Å². The Morgan fingerprint density at radius 3 is 2.69 bits per heavy atom. The van der Waals surface area contributed by atoms with Crippen LogP contribution in [0, 0.1) is 0 Å². The van der Waals surface area contributed by atoms with Gasteiger partial charge in [0.2, 0.25) is 5.91 Å². The predicted octanol–water partition coefficient (Wildman–Crippen LogP) is 2.49. The summed E-state index contributed by atoms with van der Waals surface area (Å²) < 4.78 is 5.18. The van der Waals surface area contributed by atoms with Gasteiger partial charge in [-0.15, -0.1) is 0 Å². The molecule has 1 aliphatic heterocycles. The topological polar surface area (TPSA) is 46.6 Å². The number of amides is 2. The van der Waals surface area contributed by atoms with Crippen LogP contribution in [-0.2, 0) is 9.53 Å². The molecule has 4 heteroatoms. The molecule has 0 unspecified atom stereocenters. The van der Waals surface area contributed by atoms with Crippen LogP contribution in [0.1, 0.15) is 40.0 Å². The van der Waals surface area contributed by atoms with Crippen LogP contribution in [-0.4, -0.2) is 29.0 Å². The van der Waals surface area contributed by atoms with E-state index in [0.29, 0.717) is 13.0 Å². The first-order valence-electron chi connectivity index (χ1n) is 5.58. The lowest BCUT2D eigenvalue weighted by atomic mass is 10.1. The minimum Gasteiger partial charge on any atom is -0.443 e. The number of ether oxygens (including phenoxy) is 1. The summed E-state index contributed by atoms with van der Waals surface area (Å²) in [6, 6.07) is 0. The molecule has 0 fully saturated rings. The van der Waals surface area contributed by atoms with E-state index in [-0.39, 0.29) is 5.91 Å². The molecule has 0 saturated heterocycles. The third-order valence-electron chi connectivity index (χ3n) is 2.13. The quantitative estimate of drug-likeness (QED) is 0.595. The van der Waals surface area contributed by atoms with Gasteiger partial charge in [0.1, 0.15) is 5.60 Å². The van der Waals surface area contributed by atoms with Crippen LogP contribution in [0.2, 0.25) is 0 Å². The molecule has 1 heterocycles. The van der Waals surface area contributed by atoms with E-state index in [4.69, 9.17) is 4.74 Å². The van der Waals surface area contributed by atoms with Gasteiger partial charge in [-0.2, -0.15) is 0 Å². The molecule has 4 nitrogen and oxygen atoms in total. The predicted molar refractivity (Wildman–Crippen MR) is 60.9 cm³/mol. The summed E-state index contributed by atoms with van der Waals surface area (Å²) in [5.41, 5.74) is -0.566. The lowest BCUT2D eigenvalue weighted by Gasteiger charge is -2.26. The van der Waals surface area contributed by atoms with Crippen LogP contribution in [0.25, 0.3) is 0 Å². The largest absolute Gasteiger partial charge is 0.443 e. The van der Waals surface area contributed by atoms with E-state index in [1.807, 2.05) is 12.2 Å². The van der Waals surface area contributed by atoms with E-state index < -0.39 is 11.7 Å². The monoisotopic (exact) mass is 225 g/mol. The fourth-order valence-electron chi connectivity index (χ4n) is 1.40. The SMILES string of the molecule is CC(C)(C)OC(=O)N1C/C=C\CCCC1=O. The molecule has 0 atom stereocenters. The Bertz CT molecular complexity index is 302.